The first kappa shape index (κ1) is 29.1. The number of aromatic nitrogens is 1. The van der Waals surface area contributed by atoms with E-state index < -0.39 is 54.6 Å². The van der Waals surface area contributed by atoms with Gasteiger partial charge in [-0.2, -0.15) is 5.26 Å². The number of nitrogens with zero attached hydrogens (tertiary/aromatic N) is 4. The van der Waals surface area contributed by atoms with Crippen LogP contribution in [-0.4, -0.2) is 45.8 Å². The number of anilines is 2. The van der Waals surface area contributed by atoms with Crippen molar-refractivity contribution in [3.63, 3.8) is 0 Å². The number of aliphatic hydroxyl groups is 1. The van der Waals surface area contributed by atoms with E-state index in [1.54, 1.807) is 42.5 Å². The number of aliphatic hydroxyl groups excluding tert-OH is 1. The first-order chi connectivity index (χ1) is 20.1. The number of nitrogens with one attached hydrogen (secondary N) is 1. The summed E-state index contributed by atoms with van der Waals surface area (Å²) in [6.45, 7) is -0.352. The fourth-order valence-corrected chi connectivity index (χ4v) is 5.57. The summed E-state index contributed by atoms with van der Waals surface area (Å²) < 4.78 is 27.3. The number of hydrogen-bond donors (Lipinski definition) is 2. The maximum atomic E-state index is 14.6. The fraction of sp³-hybridized carbons (Fsp3) is 0.300. The Labute approximate surface area is 245 Å². The molecule has 1 unspecified atom stereocenters. The largest absolute Gasteiger partial charge is 0.392 e. The lowest BCUT2D eigenvalue weighted by atomic mass is 9.87. The van der Waals surface area contributed by atoms with Crippen molar-refractivity contribution in [1.29, 1.82) is 5.26 Å². The summed E-state index contributed by atoms with van der Waals surface area (Å²) in [6, 6.07) is 14.3. The summed E-state index contributed by atoms with van der Waals surface area (Å²) in [4.78, 5) is 48.1. The topological polar surface area (TPSA) is 127 Å². The van der Waals surface area contributed by atoms with Crippen molar-refractivity contribution in [3.8, 4) is 6.07 Å². The number of amides is 3. The van der Waals surface area contributed by atoms with Gasteiger partial charge in [-0.1, -0.05) is 41.9 Å². The first-order valence-corrected chi connectivity index (χ1v) is 13.6. The predicted octanol–water partition coefficient (Wildman–Crippen LogP) is 4.28. The Morgan fingerprint density at radius 3 is 2.64 bits per heavy atom. The minimum atomic E-state index is -2.89. The molecule has 2 aromatic carbocycles. The number of nitriles is 1. The number of carbonyl (C=O) groups is 3. The van der Waals surface area contributed by atoms with Gasteiger partial charge in [-0.25, -0.2) is 13.8 Å². The Hall–Kier alpha value is -4.40. The maximum absolute atomic E-state index is 14.6. The average Bonchev–Trinajstić information content (AvgIpc) is 3.36. The number of carbonyl (C=O) groups excluding carboxylic acids is 3. The lowest BCUT2D eigenvalue weighted by Crippen LogP contribution is -2.56. The van der Waals surface area contributed by atoms with Crippen molar-refractivity contribution in [1.82, 2.24) is 10.3 Å². The highest BCUT2D eigenvalue weighted by atomic mass is 35.5. The third-order valence-electron chi connectivity index (χ3n) is 7.37. The van der Waals surface area contributed by atoms with Crippen molar-refractivity contribution >= 4 is 40.8 Å². The van der Waals surface area contributed by atoms with E-state index in [9.17, 15) is 33.5 Å². The summed E-state index contributed by atoms with van der Waals surface area (Å²) in [5.74, 6) is -4.56. The molecular weight excluding hydrogens is 568 g/mol. The normalized spacial score (nSPS) is 18.6. The Morgan fingerprint density at radius 2 is 1.95 bits per heavy atom. The molecule has 1 aromatic heterocycles. The van der Waals surface area contributed by atoms with E-state index in [-0.39, 0.29) is 47.1 Å². The van der Waals surface area contributed by atoms with E-state index in [2.05, 4.69) is 10.3 Å². The van der Waals surface area contributed by atoms with Crippen LogP contribution < -0.4 is 15.1 Å². The molecule has 2 fully saturated rings. The second-order valence-electron chi connectivity index (χ2n) is 10.3. The molecular formula is C30H26ClF2N5O4. The van der Waals surface area contributed by atoms with Crippen LogP contribution in [0.2, 0.25) is 5.02 Å². The van der Waals surface area contributed by atoms with Crippen molar-refractivity contribution in [3.05, 3.63) is 88.6 Å². The van der Waals surface area contributed by atoms with Crippen molar-refractivity contribution in [2.45, 2.75) is 56.3 Å². The molecule has 2 atom stereocenters. The molecule has 1 saturated heterocycles. The van der Waals surface area contributed by atoms with Crippen LogP contribution in [0.25, 0.3) is 0 Å². The summed E-state index contributed by atoms with van der Waals surface area (Å²) in [5.41, 5.74) is 1.16. The number of pyridine rings is 1. The highest BCUT2D eigenvalue weighted by Crippen LogP contribution is 2.40. The molecule has 216 valence electrons. The Kier molecular flexibility index (Phi) is 8.20. The van der Waals surface area contributed by atoms with E-state index in [4.69, 9.17) is 11.6 Å². The zero-order chi connectivity index (χ0) is 30.0. The second kappa shape index (κ2) is 11.8. The van der Waals surface area contributed by atoms with E-state index in [0.29, 0.717) is 5.56 Å². The molecule has 2 heterocycles. The SMILES string of the molecule is N#Cc1ccnc(N2C(=O)CC[C@H]2C(=O)N(c2cccc(CO)c2)C(C(=O)NC2CC(F)(F)C2)c2ccccc2Cl)c1. The van der Waals surface area contributed by atoms with Crippen LogP contribution in [0.4, 0.5) is 20.3 Å². The first-order valence-electron chi connectivity index (χ1n) is 13.3. The standard InChI is InChI=1S/C30H26ClF2N5O4/c31-23-7-2-1-6-22(23)27(28(41)36-20-14-30(32,33)15-20)37(21-5-3-4-19(12-21)17-39)29(42)24-8-9-26(40)38(24)25-13-18(16-34)10-11-35-25/h1-7,10-13,20,24,27,39H,8-9,14-15,17H2,(H,36,41)/t24-,27?/m0/s1. The summed E-state index contributed by atoms with van der Waals surface area (Å²) in [5, 5.41) is 22.0. The van der Waals surface area contributed by atoms with Gasteiger partial charge in [-0.05, 0) is 42.3 Å². The van der Waals surface area contributed by atoms with Gasteiger partial charge in [0.25, 0.3) is 11.8 Å². The molecule has 1 aliphatic carbocycles. The van der Waals surface area contributed by atoms with Gasteiger partial charge in [0.15, 0.2) is 0 Å². The predicted molar refractivity (Wildman–Crippen MR) is 150 cm³/mol. The number of alkyl halides is 2. The quantitative estimate of drug-likeness (QED) is 0.401. The summed E-state index contributed by atoms with van der Waals surface area (Å²) >= 11 is 6.55. The molecule has 5 rings (SSSR count). The average molecular weight is 594 g/mol. The molecule has 42 heavy (non-hydrogen) atoms. The van der Waals surface area contributed by atoms with Crippen LogP contribution in [0.5, 0.6) is 0 Å². The second-order valence-corrected chi connectivity index (χ2v) is 10.7. The van der Waals surface area contributed by atoms with Crippen molar-refractivity contribution in [2.24, 2.45) is 0 Å². The number of rotatable bonds is 8. The molecule has 3 amide bonds. The van der Waals surface area contributed by atoms with Crippen LogP contribution in [0.3, 0.4) is 0 Å². The molecule has 1 saturated carbocycles. The monoisotopic (exact) mass is 593 g/mol. The molecule has 2 aliphatic rings. The molecule has 0 radical (unpaired) electrons. The Bertz CT molecular complexity index is 1570. The molecule has 2 N–H and O–H groups in total. The van der Waals surface area contributed by atoms with Gasteiger partial charge in [0.1, 0.15) is 17.9 Å². The fourth-order valence-electron chi connectivity index (χ4n) is 5.33. The van der Waals surface area contributed by atoms with E-state index in [1.165, 1.54) is 34.2 Å². The maximum Gasteiger partial charge on any atom is 0.252 e. The van der Waals surface area contributed by atoms with Gasteiger partial charge in [-0.15, -0.1) is 0 Å². The zero-order valence-electron chi connectivity index (χ0n) is 22.2. The number of benzene rings is 2. The highest BCUT2D eigenvalue weighted by molar-refractivity contribution is 6.31. The molecule has 1 aliphatic heterocycles. The zero-order valence-corrected chi connectivity index (χ0v) is 23.0. The Balaban J connectivity index is 1.62. The van der Waals surface area contributed by atoms with Gasteiger partial charge in [0, 0.05) is 47.8 Å². The van der Waals surface area contributed by atoms with Crippen LogP contribution in [0.1, 0.15) is 48.4 Å². The molecule has 9 nitrogen and oxygen atoms in total. The molecule has 0 spiro atoms. The van der Waals surface area contributed by atoms with Gasteiger partial charge in [0.05, 0.1) is 18.2 Å². The molecule has 0 bridgehead atoms. The van der Waals surface area contributed by atoms with Crippen LogP contribution >= 0.6 is 11.6 Å². The van der Waals surface area contributed by atoms with E-state index >= 15 is 0 Å². The highest BCUT2D eigenvalue weighted by Gasteiger charge is 2.48. The Morgan fingerprint density at radius 1 is 1.19 bits per heavy atom. The van der Waals surface area contributed by atoms with Gasteiger partial charge < -0.3 is 10.4 Å². The summed E-state index contributed by atoms with van der Waals surface area (Å²) in [6.07, 6.45) is 0.400. The van der Waals surface area contributed by atoms with E-state index in [1.807, 2.05) is 6.07 Å². The van der Waals surface area contributed by atoms with Crippen LogP contribution in [0.15, 0.2) is 66.9 Å². The third-order valence-corrected chi connectivity index (χ3v) is 7.71. The number of hydrogen-bond acceptors (Lipinski definition) is 6. The lowest BCUT2D eigenvalue weighted by molar-refractivity contribution is -0.133. The number of halogens is 3. The van der Waals surface area contributed by atoms with E-state index in [0.717, 1.165) is 0 Å². The minimum Gasteiger partial charge on any atom is -0.392 e. The molecule has 3 aromatic rings. The van der Waals surface area contributed by atoms with Crippen LogP contribution in [-0.2, 0) is 21.0 Å². The van der Waals surface area contributed by atoms with Gasteiger partial charge >= 0.3 is 0 Å². The molecule has 12 heteroatoms. The van der Waals surface area contributed by atoms with Crippen molar-refractivity contribution < 1.29 is 28.3 Å². The van der Waals surface area contributed by atoms with Gasteiger partial charge in [0.2, 0.25) is 11.8 Å². The minimum absolute atomic E-state index is 0.0134. The van der Waals surface area contributed by atoms with Crippen LogP contribution in [0, 0.1) is 11.3 Å². The third kappa shape index (κ3) is 5.82. The smallest absolute Gasteiger partial charge is 0.252 e. The van der Waals surface area contributed by atoms with Crippen molar-refractivity contribution in [2.75, 3.05) is 9.80 Å². The summed E-state index contributed by atoms with van der Waals surface area (Å²) in [7, 11) is 0. The lowest BCUT2D eigenvalue weighted by Gasteiger charge is -2.39. The van der Waals surface area contributed by atoms with Gasteiger partial charge in [-0.3, -0.25) is 24.2 Å².